The molecule has 5 nitrogen and oxygen atoms in total. The van der Waals surface area contributed by atoms with Crippen LogP contribution in [0.2, 0.25) is 5.02 Å². The smallest absolute Gasteiger partial charge is 0.356 e. The molecule has 0 radical (unpaired) electrons. The minimum absolute atomic E-state index is 0.130. The Hall–Kier alpha value is -1.33. The van der Waals surface area contributed by atoms with Crippen molar-refractivity contribution in [2.75, 3.05) is 18.5 Å². The van der Waals surface area contributed by atoms with Crippen LogP contribution >= 0.6 is 11.6 Å². The number of hydrogen-bond donors (Lipinski definition) is 2. The lowest BCUT2D eigenvalue weighted by Gasteiger charge is -2.34. The molecule has 1 fully saturated rings. The highest BCUT2D eigenvalue weighted by molar-refractivity contribution is 6.33. The van der Waals surface area contributed by atoms with Gasteiger partial charge in [-0.2, -0.15) is 0 Å². The maximum Gasteiger partial charge on any atom is 0.356 e. The maximum absolute atomic E-state index is 10.9. The normalized spacial score (nSPS) is 22.4. The number of nitrogens with zero attached hydrogens (tertiary/aromatic N) is 2. The summed E-state index contributed by atoms with van der Waals surface area (Å²) in [5.41, 5.74) is -0.130. The number of anilines is 1. The number of hydrogen-bond acceptors (Lipinski definition) is 4. The van der Waals surface area contributed by atoms with Crippen molar-refractivity contribution in [1.82, 2.24) is 4.98 Å². The molecule has 0 saturated heterocycles. The molecule has 0 unspecified atom stereocenters. The van der Waals surface area contributed by atoms with Crippen molar-refractivity contribution in [3.8, 4) is 0 Å². The van der Waals surface area contributed by atoms with Crippen molar-refractivity contribution in [1.29, 1.82) is 0 Å². The third-order valence-corrected chi connectivity index (χ3v) is 3.47. The topological polar surface area (TPSA) is 73.7 Å². The van der Waals surface area contributed by atoms with Gasteiger partial charge in [-0.15, -0.1) is 0 Å². The van der Waals surface area contributed by atoms with Crippen LogP contribution in [0.4, 0.5) is 5.82 Å². The van der Waals surface area contributed by atoms with Crippen LogP contribution in [0.15, 0.2) is 12.1 Å². The first-order chi connectivity index (χ1) is 8.47. The van der Waals surface area contributed by atoms with E-state index < -0.39 is 5.97 Å². The summed E-state index contributed by atoms with van der Waals surface area (Å²) in [6, 6.07) is 3.24. The second kappa shape index (κ2) is 5.12. The molecule has 0 atom stereocenters. The van der Waals surface area contributed by atoms with Gasteiger partial charge in [0.05, 0.1) is 11.1 Å². The molecule has 0 aromatic carbocycles. The molecule has 6 heteroatoms. The molecule has 1 aromatic rings. The zero-order chi connectivity index (χ0) is 13.3. The van der Waals surface area contributed by atoms with Crippen molar-refractivity contribution < 1.29 is 15.0 Å². The van der Waals surface area contributed by atoms with Crippen LogP contribution in [0.1, 0.15) is 23.3 Å². The standard InChI is InChI=1S/C12H15ClN2O3/c1-15(6-7-4-8(16)5-7)10-3-2-9(13)11(14-10)12(17)18/h2-3,7-8,16H,4-6H2,1H3,(H,17,18). The van der Waals surface area contributed by atoms with Crippen molar-refractivity contribution >= 4 is 23.4 Å². The number of carbonyl (C=O) groups is 1. The van der Waals surface area contributed by atoms with Gasteiger partial charge in [-0.1, -0.05) is 11.6 Å². The second-order valence-corrected chi connectivity index (χ2v) is 5.08. The molecule has 0 amide bonds. The summed E-state index contributed by atoms with van der Waals surface area (Å²) in [5.74, 6) is -0.108. The Kier molecular flexibility index (Phi) is 3.73. The van der Waals surface area contributed by atoms with Gasteiger partial charge in [-0.05, 0) is 30.9 Å². The second-order valence-electron chi connectivity index (χ2n) is 4.68. The highest BCUT2D eigenvalue weighted by atomic mass is 35.5. The Balaban J connectivity index is 2.08. The predicted octanol–water partition coefficient (Wildman–Crippen LogP) is 1.64. The average Bonchev–Trinajstić information content (AvgIpc) is 2.27. The quantitative estimate of drug-likeness (QED) is 0.870. The lowest BCUT2D eigenvalue weighted by atomic mass is 9.82. The summed E-state index contributed by atoms with van der Waals surface area (Å²) >= 11 is 5.76. The summed E-state index contributed by atoms with van der Waals surface area (Å²) in [6.07, 6.45) is 1.41. The molecular formula is C12H15ClN2O3. The molecule has 1 aromatic heterocycles. The molecule has 1 heterocycles. The summed E-state index contributed by atoms with van der Waals surface area (Å²) in [4.78, 5) is 16.9. The van der Waals surface area contributed by atoms with E-state index in [9.17, 15) is 9.90 Å². The summed E-state index contributed by atoms with van der Waals surface area (Å²) in [6.45, 7) is 0.755. The van der Waals surface area contributed by atoms with Gasteiger partial charge < -0.3 is 15.1 Å². The first-order valence-electron chi connectivity index (χ1n) is 5.76. The maximum atomic E-state index is 10.9. The van der Waals surface area contributed by atoms with E-state index in [0.717, 1.165) is 19.4 Å². The van der Waals surface area contributed by atoms with Crippen LogP contribution in [0, 0.1) is 5.92 Å². The lowest BCUT2D eigenvalue weighted by Crippen LogP contribution is -2.37. The molecule has 1 aliphatic rings. The number of aliphatic hydroxyl groups excluding tert-OH is 1. The van der Waals surface area contributed by atoms with Crippen LogP contribution < -0.4 is 4.90 Å². The molecule has 0 bridgehead atoms. The minimum Gasteiger partial charge on any atom is -0.476 e. The molecule has 1 saturated carbocycles. The van der Waals surface area contributed by atoms with Crippen molar-refractivity contribution in [3.05, 3.63) is 22.8 Å². The summed E-state index contributed by atoms with van der Waals surface area (Å²) < 4.78 is 0. The van der Waals surface area contributed by atoms with Gasteiger partial charge in [0.2, 0.25) is 0 Å². The van der Waals surface area contributed by atoms with Gasteiger partial charge in [0, 0.05) is 13.6 Å². The molecule has 0 aliphatic heterocycles. The number of halogens is 1. The third-order valence-electron chi connectivity index (χ3n) is 3.17. The van der Waals surface area contributed by atoms with E-state index in [0.29, 0.717) is 11.7 Å². The number of aromatic carboxylic acids is 1. The first-order valence-corrected chi connectivity index (χ1v) is 6.14. The molecule has 2 N–H and O–H groups in total. The van der Waals surface area contributed by atoms with Gasteiger partial charge in [0.1, 0.15) is 5.82 Å². The predicted molar refractivity (Wildman–Crippen MR) is 68.2 cm³/mol. The van der Waals surface area contributed by atoms with E-state index in [4.69, 9.17) is 16.7 Å². The van der Waals surface area contributed by atoms with E-state index in [1.54, 1.807) is 12.1 Å². The Labute approximate surface area is 110 Å². The fraction of sp³-hybridized carbons (Fsp3) is 0.500. The van der Waals surface area contributed by atoms with Gasteiger partial charge in [0.15, 0.2) is 5.69 Å². The van der Waals surface area contributed by atoms with Gasteiger partial charge in [-0.25, -0.2) is 9.78 Å². The van der Waals surface area contributed by atoms with Gasteiger partial charge in [0.25, 0.3) is 0 Å². The molecule has 2 rings (SSSR count). The summed E-state index contributed by atoms with van der Waals surface area (Å²) in [7, 11) is 1.85. The Morgan fingerprint density at radius 3 is 2.78 bits per heavy atom. The number of aliphatic hydroxyl groups is 1. The Morgan fingerprint density at radius 1 is 1.56 bits per heavy atom. The zero-order valence-electron chi connectivity index (χ0n) is 10.0. The van der Waals surface area contributed by atoms with E-state index in [1.807, 2.05) is 11.9 Å². The highest BCUT2D eigenvalue weighted by Gasteiger charge is 2.28. The van der Waals surface area contributed by atoms with Crippen LogP contribution in [-0.4, -0.2) is 40.9 Å². The largest absolute Gasteiger partial charge is 0.476 e. The number of aromatic nitrogens is 1. The highest BCUT2D eigenvalue weighted by Crippen LogP contribution is 2.29. The molecular weight excluding hydrogens is 256 g/mol. The summed E-state index contributed by atoms with van der Waals surface area (Å²) in [5, 5.41) is 18.3. The van der Waals surface area contributed by atoms with E-state index in [2.05, 4.69) is 4.98 Å². The van der Waals surface area contributed by atoms with Gasteiger partial charge >= 0.3 is 5.97 Å². The van der Waals surface area contributed by atoms with Gasteiger partial charge in [-0.3, -0.25) is 0 Å². The molecule has 18 heavy (non-hydrogen) atoms. The van der Waals surface area contributed by atoms with E-state index in [-0.39, 0.29) is 16.8 Å². The first kappa shape index (κ1) is 13.1. The lowest BCUT2D eigenvalue weighted by molar-refractivity contribution is 0.0464. The number of carboxylic acid groups (broad SMARTS) is 1. The monoisotopic (exact) mass is 270 g/mol. The third kappa shape index (κ3) is 2.73. The average molecular weight is 271 g/mol. The van der Waals surface area contributed by atoms with Crippen LogP contribution in [0.5, 0.6) is 0 Å². The fourth-order valence-corrected chi connectivity index (χ4v) is 2.31. The van der Waals surface area contributed by atoms with Crippen LogP contribution in [-0.2, 0) is 0 Å². The number of pyridine rings is 1. The van der Waals surface area contributed by atoms with Crippen molar-refractivity contribution in [3.63, 3.8) is 0 Å². The van der Waals surface area contributed by atoms with E-state index in [1.165, 1.54) is 0 Å². The van der Waals surface area contributed by atoms with Crippen LogP contribution in [0.25, 0.3) is 0 Å². The Bertz CT molecular complexity index is 461. The number of carboxylic acids is 1. The van der Waals surface area contributed by atoms with Crippen LogP contribution in [0.3, 0.4) is 0 Å². The zero-order valence-corrected chi connectivity index (χ0v) is 10.8. The molecule has 1 aliphatic carbocycles. The fourth-order valence-electron chi connectivity index (χ4n) is 2.12. The molecule has 98 valence electrons. The molecule has 0 spiro atoms. The van der Waals surface area contributed by atoms with Crippen molar-refractivity contribution in [2.45, 2.75) is 18.9 Å². The SMILES string of the molecule is CN(CC1CC(O)C1)c1ccc(Cl)c(C(=O)O)n1. The minimum atomic E-state index is -1.13. The van der Waals surface area contributed by atoms with E-state index >= 15 is 0 Å². The Morgan fingerprint density at radius 2 is 2.22 bits per heavy atom. The van der Waals surface area contributed by atoms with Crippen molar-refractivity contribution in [2.24, 2.45) is 5.92 Å². The number of rotatable bonds is 4.